The molecule has 0 radical (unpaired) electrons. The van der Waals surface area contributed by atoms with Gasteiger partial charge in [0.05, 0.1) is 12.8 Å². The SMILES string of the molecule is CC(=O)N(Cc1ccco1)C1CCN(CCc2ccccn2)CC1. The van der Waals surface area contributed by atoms with Gasteiger partial charge in [-0.05, 0) is 37.1 Å². The van der Waals surface area contributed by atoms with Crippen LogP contribution in [-0.4, -0.2) is 46.4 Å². The third-order valence-electron chi connectivity index (χ3n) is 4.72. The number of rotatable bonds is 6. The van der Waals surface area contributed by atoms with Crippen LogP contribution in [0.5, 0.6) is 0 Å². The molecule has 0 unspecified atom stereocenters. The fourth-order valence-corrected chi connectivity index (χ4v) is 3.34. The van der Waals surface area contributed by atoms with Crippen LogP contribution in [0.4, 0.5) is 0 Å². The summed E-state index contributed by atoms with van der Waals surface area (Å²) in [7, 11) is 0. The van der Waals surface area contributed by atoms with Gasteiger partial charge in [0.2, 0.25) is 5.91 Å². The van der Waals surface area contributed by atoms with E-state index in [4.69, 9.17) is 4.42 Å². The molecule has 0 spiro atoms. The predicted molar refractivity (Wildman–Crippen MR) is 92.3 cm³/mol. The molecule has 128 valence electrons. The van der Waals surface area contributed by atoms with Gasteiger partial charge in [0.25, 0.3) is 0 Å². The molecule has 1 aliphatic heterocycles. The lowest BCUT2D eigenvalue weighted by Crippen LogP contribution is -2.46. The molecule has 1 saturated heterocycles. The van der Waals surface area contributed by atoms with E-state index >= 15 is 0 Å². The summed E-state index contributed by atoms with van der Waals surface area (Å²) < 4.78 is 5.40. The zero-order valence-corrected chi connectivity index (χ0v) is 14.2. The lowest BCUT2D eigenvalue weighted by molar-refractivity contribution is -0.133. The predicted octanol–water partition coefficient (Wildman–Crippen LogP) is 2.73. The van der Waals surface area contributed by atoms with Gasteiger partial charge < -0.3 is 14.2 Å². The molecule has 5 nitrogen and oxygen atoms in total. The van der Waals surface area contributed by atoms with Gasteiger partial charge >= 0.3 is 0 Å². The van der Waals surface area contributed by atoms with Crippen LogP contribution in [-0.2, 0) is 17.8 Å². The van der Waals surface area contributed by atoms with Gasteiger partial charge in [-0.15, -0.1) is 0 Å². The second kappa shape index (κ2) is 8.11. The first kappa shape index (κ1) is 16.7. The molecule has 1 aliphatic rings. The van der Waals surface area contributed by atoms with Crippen molar-refractivity contribution in [1.82, 2.24) is 14.8 Å². The first-order valence-corrected chi connectivity index (χ1v) is 8.64. The maximum Gasteiger partial charge on any atom is 0.220 e. The number of furan rings is 1. The minimum absolute atomic E-state index is 0.123. The zero-order valence-electron chi connectivity index (χ0n) is 14.2. The minimum Gasteiger partial charge on any atom is -0.467 e. The Morgan fingerprint density at radius 1 is 1.29 bits per heavy atom. The number of hydrogen-bond donors (Lipinski definition) is 0. The van der Waals surface area contributed by atoms with E-state index in [0.717, 1.165) is 50.4 Å². The highest BCUT2D eigenvalue weighted by atomic mass is 16.3. The lowest BCUT2D eigenvalue weighted by Gasteiger charge is -2.37. The van der Waals surface area contributed by atoms with Crippen LogP contribution < -0.4 is 0 Å². The van der Waals surface area contributed by atoms with E-state index in [1.54, 1.807) is 13.2 Å². The number of piperidine rings is 1. The van der Waals surface area contributed by atoms with Crippen molar-refractivity contribution in [2.24, 2.45) is 0 Å². The van der Waals surface area contributed by atoms with E-state index in [9.17, 15) is 4.79 Å². The van der Waals surface area contributed by atoms with Crippen molar-refractivity contribution in [1.29, 1.82) is 0 Å². The van der Waals surface area contributed by atoms with Crippen molar-refractivity contribution in [3.05, 3.63) is 54.2 Å². The molecule has 0 saturated carbocycles. The summed E-state index contributed by atoms with van der Waals surface area (Å²) in [5.74, 6) is 0.973. The topological polar surface area (TPSA) is 49.6 Å². The normalized spacial score (nSPS) is 16.2. The Labute approximate surface area is 143 Å². The third-order valence-corrected chi connectivity index (χ3v) is 4.72. The minimum atomic E-state index is 0.123. The molecule has 2 aromatic rings. The summed E-state index contributed by atoms with van der Waals surface area (Å²) in [5.41, 5.74) is 1.14. The maximum absolute atomic E-state index is 12.0. The fourth-order valence-electron chi connectivity index (χ4n) is 3.34. The summed E-state index contributed by atoms with van der Waals surface area (Å²) in [6, 6.07) is 10.2. The second-order valence-corrected chi connectivity index (χ2v) is 6.37. The van der Waals surface area contributed by atoms with Crippen molar-refractivity contribution in [2.75, 3.05) is 19.6 Å². The second-order valence-electron chi connectivity index (χ2n) is 6.37. The Balaban J connectivity index is 1.48. The van der Waals surface area contributed by atoms with Crippen LogP contribution >= 0.6 is 0 Å². The van der Waals surface area contributed by atoms with Gasteiger partial charge in [-0.25, -0.2) is 0 Å². The monoisotopic (exact) mass is 327 g/mol. The van der Waals surface area contributed by atoms with E-state index in [2.05, 4.69) is 16.0 Å². The first-order chi connectivity index (χ1) is 11.7. The fraction of sp³-hybridized carbons (Fsp3) is 0.474. The molecule has 1 amide bonds. The van der Waals surface area contributed by atoms with E-state index in [1.807, 2.05) is 35.4 Å². The highest BCUT2D eigenvalue weighted by Crippen LogP contribution is 2.19. The van der Waals surface area contributed by atoms with Crippen LogP contribution in [0, 0.1) is 0 Å². The average Bonchev–Trinajstić information content (AvgIpc) is 3.12. The van der Waals surface area contributed by atoms with E-state index < -0.39 is 0 Å². The Bertz CT molecular complexity index is 619. The lowest BCUT2D eigenvalue weighted by atomic mass is 10.0. The van der Waals surface area contributed by atoms with Crippen molar-refractivity contribution in [3.8, 4) is 0 Å². The summed E-state index contributed by atoms with van der Waals surface area (Å²) >= 11 is 0. The van der Waals surface area contributed by atoms with E-state index in [0.29, 0.717) is 12.6 Å². The number of likely N-dealkylation sites (tertiary alicyclic amines) is 1. The molecule has 5 heteroatoms. The molecule has 3 rings (SSSR count). The van der Waals surface area contributed by atoms with Crippen LogP contribution in [0.3, 0.4) is 0 Å². The summed E-state index contributed by atoms with van der Waals surface area (Å²) in [5, 5.41) is 0. The van der Waals surface area contributed by atoms with Gasteiger partial charge in [0, 0.05) is 50.9 Å². The molecule has 0 atom stereocenters. The number of aromatic nitrogens is 1. The van der Waals surface area contributed by atoms with Gasteiger partial charge in [-0.3, -0.25) is 9.78 Å². The summed E-state index contributed by atoms with van der Waals surface area (Å²) in [6.45, 7) is 5.30. The number of carbonyl (C=O) groups is 1. The van der Waals surface area contributed by atoms with Gasteiger partial charge in [0.1, 0.15) is 5.76 Å². The van der Waals surface area contributed by atoms with Crippen molar-refractivity contribution < 1.29 is 9.21 Å². The molecule has 24 heavy (non-hydrogen) atoms. The Morgan fingerprint density at radius 2 is 2.12 bits per heavy atom. The summed E-state index contributed by atoms with van der Waals surface area (Å²) in [4.78, 5) is 20.8. The average molecular weight is 327 g/mol. The standard InChI is InChI=1S/C19H25N3O2/c1-16(23)22(15-19-6-4-14-24-19)18-8-12-21(13-9-18)11-7-17-5-2-3-10-20-17/h2-6,10,14,18H,7-9,11-13,15H2,1H3. The number of hydrogen-bond acceptors (Lipinski definition) is 4. The molecule has 0 aliphatic carbocycles. The molecule has 0 bridgehead atoms. The largest absolute Gasteiger partial charge is 0.467 e. The Kier molecular flexibility index (Phi) is 5.64. The smallest absolute Gasteiger partial charge is 0.220 e. The first-order valence-electron chi connectivity index (χ1n) is 8.64. The molecule has 0 N–H and O–H groups in total. The van der Waals surface area contributed by atoms with Crippen LogP contribution in [0.25, 0.3) is 0 Å². The highest BCUT2D eigenvalue weighted by molar-refractivity contribution is 5.73. The number of carbonyl (C=O) groups excluding carboxylic acids is 1. The third kappa shape index (κ3) is 4.45. The molecule has 1 fully saturated rings. The van der Waals surface area contributed by atoms with E-state index in [1.165, 1.54) is 0 Å². The number of nitrogens with zero attached hydrogens (tertiary/aromatic N) is 3. The van der Waals surface area contributed by atoms with E-state index in [-0.39, 0.29) is 5.91 Å². The Hall–Kier alpha value is -2.14. The van der Waals surface area contributed by atoms with Crippen LogP contribution in [0.15, 0.2) is 47.2 Å². The molecular weight excluding hydrogens is 302 g/mol. The van der Waals surface area contributed by atoms with Crippen LogP contribution in [0.1, 0.15) is 31.2 Å². The molecule has 2 aromatic heterocycles. The Morgan fingerprint density at radius 3 is 2.75 bits per heavy atom. The van der Waals surface area contributed by atoms with Crippen molar-refractivity contribution in [3.63, 3.8) is 0 Å². The molecule has 3 heterocycles. The highest BCUT2D eigenvalue weighted by Gasteiger charge is 2.26. The van der Waals surface area contributed by atoms with Gasteiger partial charge in [0.15, 0.2) is 0 Å². The van der Waals surface area contributed by atoms with Gasteiger partial charge in [-0.1, -0.05) is 6.07 Å². The quantitative estimate of drug-likeness (QED) is 0.818. The number of amides is 1. The molecular formula is C19H25N3O2. The maximum atomic E-state index is 12.0. The van der Waals surface area contributed by atoms with Crippen LogP contribution in [0.2, 0.25) is 0 Å². The molecule has 0 aromatic carbocycles. The van der Waals surface area contributed by atoms with Crippen molar-refractivity contribution >= 4 is 5.91 Å². The zero-order chi connectivity index (χ0) is 16.8. The number of pyridine rings is 1. The van der Waals surface area contributed by atoms with Crippen molar-refractivity contribution in [2.45, 2.75) is 38.8 Å². The van der Waals surface area contributed by atoms with Gasteiger partial charge in [-0.2, -0.15) is 0 Å². The summed E-state index contributed by atoms with van der Waals surface area (Å²) in [6.07, 6.45) is 6.52.